The van der Waals surface area contributed by atoms with Crippen molar-refractivity contribution >= 4 is 11.6 Å². The fourth-order valence-electron chi connectivity index (χ4n) is 2.30. The molecule has 0 spiro atoms. The fraction of sp³-hybridized carbons (Fsp3) is 0.625. The first kappa shape index (κ1) is 14.8. The van der Waals surface area contributed by atoms with Gasteiger partial charge in [0.15, 0.2) is 0 Å². The molecule has 0 unspecified atom stereocenters. The number of hydrogen-bond donors (Lipinski definition) is 1. The summed E-state index contributed by atoms with van der Waals surface area (Å²) in [5.74, 6) is 0.765. The fourth-order valence-corrected chi connectivity index (χ4v) is 2.30. The molecule has 0 bridgehead atoms. The zero-order chi connectivity index (χ0) is 14.5. The molecular formula is C16H25N3O. The highest BCUT2D eigenvalue weighted by atomic mass is 16.2. The van der Waals surface area contributed by atoms with Gasteiger partial charge in [0.25, 0.3) is 5.91 Å². The van der Waals surface area contributed by atoms with Crippen LogP contribution < -0.4 is 5.32 Å². The van der Waals surface area contributed by atoms with Crippen LogP contribution in [0.2, 0.25) is 0 Å². The standard InChI is InChI=1S/C16H25N3O/c1-4-18-15-11-17-9-7-14(15)16(20)19(13-5-6-13)10-8-12(2)3/h7,9,11-13,18H,4-6,8,10H2,1-3H3. The van der Waals surface area contributed by atoms with Crippen molar-refractivity contribution in [2.75, 3.05) is 18.4 Å². The molecule has 0 radical (unpaired) electrons. The maximum atomic E-state index is 12.8. The minimum absolute atomic E-state index is 0.145. The van der Waals surface area contributed by atoms with Crippen molar-refractivity contribution in [1.82, 2.24) is 9.88 Å². The molecule has 1 aliphatic rings. The van der Waals surface area contributed by atoms with Crippen LogP contribution in [0.15, 0.2) is 18.5 Å². The Hall–Kier alpha value is -1.58. The molecule has 1 aromatic heterocycles. The number of nitrogens with one attached hydrogen (secondary N) is 1. The second-order valence-corrected chi connectivity index (χ2v) is 5.86. The molecule has 4 heteroatoms. The summed E-state index contributed by atoms with van der Waals surface area (Å²) in [6.07, 6.45) is 6.78. The van der Waals surface area contributed by atoms with Crippen molar-refractivity contribution in [3.05, 3.63) is 24.0 Å². The largest absolute Gasteiger partial charge is 0.383 e. The van der Waals surface area contributed by atoms with Crippen molar-refractivity contribution < 1.29 is 4.79 Å². The third-order valence-electron chi connectivity index (χ3n) is 3.61. The van der Waals surface area contributed by atoms with Gasteiger partial charge in [-0.25, -0.2) is 0 Å². The molecule has 2 rings (SSSR count). The zero-order valence-electron chi connectivity index (χ0n) is 12.7. The van der Waals surface area contributed by atoms with Crippen molar-refractivity contribution in [3.8, 4) is 0 Å². The van der Waals surface area contributed by atoms with Gasteiger partial charge in [-0.2, -0.15) is 0 Å². The predicted octanol–water partition coefficient (Wildman–Crippen LogP) is 3.16. The third-order valence-corrected chi connectivity index (χ3v) is 3.61. The topological polar surface area (TPSA) is 45.2 Å². The average molecular weight is 275 g/mol. The normalized spacial score (nSPS) is 14.4. The van der Waals surface area contributed by atoms with Gasteiger partial charge in [-0.1, -0.05) is 13.8 Å². The molecule has 110 valence electrons. The molecule has 20 heavy (non-hydrogen) atoms. The Bertz CT molecular complexity index is 455. The molecule has 1 fully saturated rings. The van der Waals surface area contributed by atoms with Gasteiger partial charge in [-0.15, -0.1) is 0 Å². The van der Waals surface area contributed by atoms with Gasteiger partial charge in [-0.3, -0.25) is 9.78 Å². The molecule has 0 saturated heterocycles. The van der Waals surface area contributed by atoms with Crippen molar-refractivity contribution in [2.45, 2.75) is 46.1 Å². The highest BCUT2D eigenvalue weighted by Gasteiger charge is 2.33. The molecule has 1 amide bonds. The van der Waals surface area contributed by atoms with Gasteiger partial charge < -0.3 is 10.2 Å². The van der Waals surface area contributed by atoms with E-state index >= 15 is 0 Å². The van der Waals surface area contributed by atoms with Gasteiger partial charge >= 0.3 is 0 Å². The quantitative estimate of drug-likeness (QED) is 0.831. The van der Waals surface area contributed by atoms with Gasteiger partial charge in [0.05, 0.1) is 17.4 Å². The highest BCUT2D eigenvalue weighted by Crippen LogP contribution is 2.30. The van der Waals surface area contributed by atoms with Crippen LogP contribution in [0.4, 0.5) is 5.69 Å². The average Bonchev–Trinajstić information content (AvgIpc) is 3.24. The Morgan fingerprint density at radius 1 is 1.50 bits per heavy atom. The predicted molar refractivity (Wildman–Crippen MR) is 81.9 cm³/mol. The first-order valence-corrected chi connectivity index (χ1v) is 7.62. The first-order chi connectivity index (χ1) is 9.63. The third kappa shape index (κ3) is 3.71. The molecular weight excluding hydrogens is 250 g/mol. The Morgan fingerprint density at radius 3 is 2.85 bits per heavy atom. The van der Waals surface area contributed by atoms with E-state index in [4.69, 9.17) is 0 Å². The summed E-state index contributed by atoms with van der Waals surface area (Å²) in [5, 5.41) is 3.23. The van der Waals surface area contributed by atoms with Gasteiger partial charge in [0.2, 0.25) is 0 Å². The van der Waals surface area contributed by atoms with Crippen LogP contribution in [0, 0.1) is 5.92 Å². The Balaban J connectivity index is 2.14. The summed E-state index contributed by atoms with van der Waals surface area (Å²) in [6, 6.07) is 2.27. The summed E-state index contributed by atoms with van der Waals surface area (Å²) in [7, 11) is 0. The Morgan fingerprint density at radius 2 is 2.25 bits per heavy atom. The Kier molecular flexibility index (Phi) is 4.99. The van der Waals surface area contributed by atoms with Crippen LogP contribution in [0.1, 0.15) is 50.4 Å². The summed E-state index contributed by atoms with van der Waals surface area (Å²) < 4.78 is 0. The molecule has 0 aliphatic heterocycles. The van der Waals surface area contributed by atoms with Gasteiger partial charge in [0.1, 0.15) is 0 Å². The van der Waals surface area contributed by atoms with E-state index in [1.54, 1.807) is 12.4 Å². The van der Waals surface area contributed by atoms with E-state index in [2.05, 4.69) is 29.0 Å². The second-order valence-electron chi connectivity index (χ2n) is 5.86. The van der Waals surface area contributed by atoms with E-state index in [0.717, 1.165) is 43.6 Å². The molecule has 1 heterocycles. The summed E-state index contributed by atoms with van der Waals surface area (Å²) in [5.41, 5.74) is 1.59. The SMILES string of the molecule is CCNc1cnccc1C(=O)N(CCC(C)C)C1CC1. The number of aromatic nitrogens is 1. The lowest BCUT2D eigenvalue weighted by atomic mass is 10.1. The van der Waals surface area contributed by atoms with Crippen LogP contribution in [0.3, 0.4) is 0 Å². The Labute approximate surface area is 121 Å². The van der Waals surface area contributed by atoms with Gasteiger partial charge in [-0.05, 0) is 38.2 Å². The maximum absolute atomic E-state index is 12.8. The molecule has 1 aliphatic carbocycles. The summed E-state index contributed by atoms with van der Waals surface area (Å²) in [6.45, 7) is 8.08. The molecule has 1 N–H and O–H groups in total. The summed E-state index contributed by atoms with van der Waals surface area (Å²) >= 11 is 0. The van der Waals surface area contributed by atoms with E-state index in [0.29, 0.717) is 12.0 Å². The lowest BCUT2D eigenvalue weighted by Crippen LogP contribution is -2.35. The lowest BCUT2D eigenvalue weighted by molar-refractivity contribution is 0.0736. The lowest BCUT2D eigenvalue weighted by Gasteiger charge is -2.24. The van der Waals surface area contributed by atoms with Crippen LogP contribution in [-0.2, 0) is 0 Å². The minimum Gasteiger partial charge on any atom is -0.383 e. The van der Waals surface area contributed by atoms with Crippen LogP contribution >= 0.6 is 0 Å². The van der Waals surface area contributed by atoms with Crippen LogP contribution in [0.25, 0.3) is 0 Å². The minimum atomic E-state index is 0.145. The molecule has 1 saturated carbocycles. The highest BCUT2D eigenvalue weighted by molar-refractivity contribution is 5.99. The molecule has 4 nitrogen and oxygen atoms in total. The second kappa shape index (κ2) is 6.73. The van der Waals surface area contributed by atoms with E-state index < -0.39 is 0 Å². The van der Waals surface area contributed by atoms with Crippen LogP contribution in [-0.4, -0.2) is 34.9 Å². The number of pyridine rings is 1. The van der Waals surface area contributed by atoms with Crippen LogP contribution in [0.5, 0.6) is 0 Å². The number of anilines is 1. The van der Waals surface area contributed by atoms with E-state index in [9.17, 15) is 4.79 Å². The monoisotopic (exact) mass is 275 g/mol. The van der Waals surface area contributed by atoms with E-state index in [1.807, 2.05) is 13.0 Å². The number of rotatable bonds is 7. The molecule has 0 atom stereocenters. The molecule has 0 aromatic carbocycles. The molecule has 1 aromatic rings. The van der Waals surface area contributed by atoms with E-state index in [1.165, 1.54) is 0 Å². The van der Waals surface area contributed by atoms with E-state index in [-0.39, 0.29) is 5.91 Å². The zero-order valence-corrected chi connectivity index (χ0v) is 12.7. The first-order valence-electron chi connectivity index (χ1n) is 7.62. The maximum Gasteiger partial charge on any atom is 0.256 e. The van der Waals surface area contributed by atoms with Crippen molar-refractivity contribution in [2.24, 2.45) is 5.92 Å². The van der Waals surface area contributed by atoms with Crippen molar-refractivity contribution in [1.29, 1.82) is 0 Å². The van der Waals surface area contributed by atoms with Crippen molar-refractivity contribution in [3.63, 3.8) is 0 Å². The number of hydrogen-bond acceptors (Lipinski definition) is 3. The number of carbonyl (C=O) groups excluding carboxylic acids is 1. The number of nitrogens with zero attached hydrogens (tertiary/aromatic N) is 2. The number of amides is 1. The summed E-state index contributed by atoms with van der Waals surface area (Å²) in [4.78, 5) is 19.0. The number of carbonyl (C=O) groups is 1. The smallest absolute Gasteiger partial charge is 0.256 e. The van der Waals surface area contributed by atoms with Gasteiger partial charge in [0, 0.05) is 25.3 Å².